The van der Waals surface area contributed by atoms with E-state index in [1.807, 2.05) is 0 Å². The summed E-state index contributed by atoms with van der Waals surface area (Å²) in [5.74, 6) is -1.09. The van der Waals surface area contributed by atoms with Gasteiger partial charge >= 0.3 is 5.97 Å². The van der Waals surface area contributed by atoms with E-state index >= 15 is 0 Å². The molecule has 1 rings (SSSR count). The van der Waals surface area contributed by atoms with Crippen LogP contribution in [0.25, 0.3) is 0 Å². The van der Waals surface area contributed by atoms with Crippen LogP contribution in [0.2, 0.25) is 10.0 Å². The van der Waals surface area contributed by atoms with E-state index in [-0.39, 0.29) is 6.42 Å². The zero-order valence-corrected chi connectivity index (χ0v) is 8.59. The highest BCUT2D eigenvalue weighted by Crippen LogP contribution is 2.19. The second-order valence-electron chi connectivity index (χ2n) is 2.73. The molecule has 1 unspecified atom stereocenters. The van der Waals surface area contributed by atoms with E-state index < -0.39 is 12.0 Å². The number of aromatic nitrogens is 1. The Balaban J connectivity index is 2.82. The molecule has 0 aliphatic rings. The topological polar surface area (TPSA) is 76.2 Å². The standard InChI is InChI=1S/C8H8Cl2N2O2/c9-4-1-5(10)7(12-3-4)2-6(11)8(13)14/h1,3,6H,2,11H2,(H,13,14). The maximum Gasteiger partial charge on any atom is 0.320 e. The van der Waals surface area contributed by atoms with Gasteiger partial charge in [0.25, 0.3) is 0 Å². The van der Waals surface area contributed by atoms with Gasteiger partial charge in [0.05, 0.1) is 15.7 Å². The van der Waals surface area contributed by atoms with Gasteiger partial charge in [-0.3, -0.25) is 9.78 Å². The van der Waals surface area contributed by atoms with Gasteiger partial charge in [-0.2, -0.15) is 0 Å². The summed E-state index contributed by atoms with van der Waals surface area (Å²) in [6, 6.07) is 0.501. The molecule has 0 spiro atoms. The number of pyridine rings is 1. The first-order valence-corrected chi connectivity index (χ1v) is 4.54. The first kappa shape index (κ1) is 11.2. The van der Waals surface area contributed by atoms with Gasteiger partial charge < -0.3 is 10.8 Å². The first-order valence-electron chi connectivity index (χ1n) is 3.79. The van der Waals surface area contributed by atoms with Crippen molar-refractivity contribution >= 4 is 29.2 Å². The molecule has 76 valence electrons. The lowest BCUT2D eigenvalue weighted by Crippen LogP contribution is -2.32. The zero-order chi connectivity index (χ0) is 10.7. The molecule has 0 bridgehead atoms. The number of halogens is 2. The molecule has 0 saturated carbocycles. The lowest BCUT2D eigenvalue weighted by Gasteiger charge is -2.06. The van der Waals surface area contributed by atoms with Gasteiger partial charge in [0.1, 0.15) is 6.04 Å². The van der Waals surface area contributed by atoms with Crippen molar-refractivity contribution in [2.75, 3.05) is 0 Å². The Morgan fingerprint density at radius 2 is 2.29 bits per heavy atom. The van der Waals surface area contributed by atoms with Crippen LogP contribution in [-0.2, 0) is 11.2 Å². The molecular weight excluding hydrogens is 227 g/mol. The summed E-state index contributed by atoms with van der Waals surface area (Å²) in [5, 5.41) is 9.30. The average molecular weight is 235 g/mol. The van der Waals surface area contributed by atoms with Gasteiger partial charge in [0, 0.05) is 12.6 Å². The zero-order valence-electron chi connectivity index (χ0n) is 7.08. The highest BCUT2D eigenvalue weighted by atomic mass is 35.5. The molecule has 0 amide bonds. The second kappa shape index (κ2) is 4.59. The summed E-state index contributed by atoms with van der Waals surface area (Å²) < 4.78 is 0. The van der Waals surface area contributed by atoms with E-state index in [1.165, 1.54) is 12.3 Å². The molecule has 0 aromatic carbocycles. The smallest absolute Gasteiger partial charge is 0.320 e. The molecule has 6 heteroatoms. The minimum absolute atomic E-state index is 0.0886. The summed E-state index contributed by atoms with van der Waals surface area (Å²) in [4.78, 5) is 14.4. The van der Waals surface area contributed by atoms with Crippen LogP contribution in [0.1, 0.15) is 5.69 Å². The van der Waals surface area contributed by atoms with Gasteiger partial charge in [-0.05, 0) is 6.07 Å². The van der Waals surface area contributed by atoms with Gasteiger partial charge in [-0.15, -0.1) is 0 Å². The van der Waals surface area contributed by atoms with Crippen LogP contribution in [-0.4, -0.2) is 22.1 Å². The van der Waals surface area contributed by atoms with E-state index in [0.717, 1.165) is 0 Å². The van der Waals surface area contributed by atoms with E-state index in [1.54, 1.807) is 0 Å². The first-order chi connectivity index (χ1) is 6.50. The van der Waals surface area contributed by atoms with Gasteiger partial charge in [-0.1, -0.05) is 23.2 Å². The molecule has 4 nitrogen and oxygen atoms in total. The average Bonchev–Trinajstić information content (AvgIpc) is 2.09. The summed E-state index contributed by atoms with van der Waals surface area (Å²) in [6.07, 6.45) is 1.49. The number of carbonyl (C=O) groups is 1. The van der Waals surface area contributed by atoms with Crippen LogP contribution < -0.4 is 5.73 Å². The number of nitrogens with two attached hydrogens (primary N) is 1. The number of nitrogens with zero attached hydrogens (tertiary/aromatic N) is 1. The second-order valence-corrected chi connectivity index (χ2v) is 3.57. The molecule has 0 aliphatic heterocycles. The third kappa shape index (κ3) is 2.83. The lowest BCUT2D eigenvalue weighted by atomic mass is 10.1. The molecule has 0 radical (unpaired) electrons. The third-order valence-corrected chi connectivity index (χ3v) is 2.15. The highest BCUT2D eigenvalue weighted by molar-refractivity contribution is 6.34. The number of hydrogen-bond acceptors (Lipinski definition) is 3. The van der Waals surface area contributed by atoms with Crippen molar-refractivity contribution in [2.45, 2.75) is 12.5 Å². The quantitative estimate of drug-likeness (QED) is 0.828. The van der Waals surface area contributed by atoms with Crippen molar-refractivity contribution in [3.8, 4) is 0 Å². The maximum atomic E-state index is 10.5. The van der Waals surface area contributed by atoms with Gasteiger partial charge in [0.2, 0.25) is 0 Å². The van der Waals surface area contributed by atoms with Crippen molar-refractivity contribution in [3.63, 3.8) is 0 Å². The van der Waals surface area contributed by atoms with E-state index in [9.17, 15) is 4.79 Å². The molecule has 3 N–H and O–H groups in total. The Bertz CT molecular complexity index is 357. The Kier molecular flexibility index (Phi) is 3.69. The van der Waals surface area contributed by atoms with Crippen LogP contribution in [0, 0.1) is 0 Å². The fourth-order valence-corrected chi connectivity index (χ4v) is 1.35. The monoisotopic (exact) mass is 234 g/mol. The van der Waals surface area contributed by atoms with E-state index in [0.29, 0.717) is 15.7 Å². The summed E-state index contributed by atoms with van der Waals surface area (Å²) in [7, 11) is 0. The molecule has 1 aromatic heterocycles. The maximum absolute atomic E-state index is 10.5. The van der Waals surface area contributed by atoms with Crippen molar-refractivity contribution in [1.82, 2.24) is 4.98 Å². The fourth-order valence-electron chi connectivity index (χ4n) is 0.889. The summed E-state index contributed by atoms with van der Waals surface area (Å²) in [6.45, 7) is 0. The minimum atomic E-state index is -1.09. The number of aliphatic carboxylic acids is 1. The molecule has 1 atom stereocenters. The predicted octanol–water partition coefficient (Wildman–Crippen LogP) is 1.34. The predicted molar refractivity (Wildman–Crippen MR) is 53.6 cm³/mol. The molecule has 0 aliphatic carbocycles. The summed E-state index contributed by atoms with van der Waals surface area (Å²) in [5.41, 5.74) is 5.76. The van der Waals surface area contributed by atoms with Crippen molar-refractivity contribution in [3.05, 3.63) is 28.0 Å². The Hall–Kier alpha value is -0.840. The minimum Gasteiger partial charge on any atom is -0.480 e. The number of carboxylic acids is 1. The molecular formula is C8H8Cl2N2O2. The number of hydrogen-bond donors (Lipinski definition) is 2. The fraction of sp³-hybridized carbons (Fsp3) is 0.250. The lowest BCUT2D eigenvalue weighted by molar-refractivity contribution is -0.138. The third-order valence-electron chi connectivity index (χ3n) is 1.61. The van der Waals surface area contributed by atoms with Gasteiger partial charge in [-0.25, -0.2) is 0 Å². The summed E-state index contributed by atoms with van der Waals surface area (Å²) >= 11 is 11.4. The van der Waals surface area contributed by atoms with Crippen LogP contribution in [0.4, 0.5) is 0 Å². The normalized spacial score (nSPS) is 12.5. The van der Waals surface area contributed by atoms with Crippen molar-refractivity contribution in [1.29, 1.82) is 0 Å². The largest absolute Gasteiger partial charge is 0.480 e. The van der Waals surface area contributed by atoms with E-state index in [4.69, 9.17) is 34.0 Å². The molecule has 14 heavy (non-hydrogen) atoms. The van der Waals surface area contributed by atoms with Crippen molar-refractivity contribution in [2.24, 2.45) is 5.73 Å². The van der Waals surface area contributed by atoms with Crippen LogP contribution in [0.5, 0.6) is 0 Å². The molecule has 0 saturated heterocycles. The Morgan fingerprint density at radius 3 is 2.79 bits per heavy atom. The van der Waals surface area contributed by atoms with Gasteiger partial charge in [0.15, 0.2) is 0 Å². The van der Waals surface area contributed by atoms with Crippen LogP contribution in [0.15, 0.2) is 12.3 Å². The number of carboxylic acid groups (broad SMARTS) is 1. The van der Waals surface area contributed by atoms with E-state index in [2.05, 4.69) is 4.98 Å². The highest BCUT2D eigenvalue weighted by Gasteiger charge is 2.15. The Labute approximate surface area is 90.6 Å². The molecule has 1 aromatic rings. The number of rotatable bonds is 3. The van der Waals surface area contributed by atoms with Crippen LogP contribution >= 0.6 is 23.2 Å². The van der Waals surface area contributed by atoms with Crippen LogP contribution in [0.3, 0.4) is 0 Å². The Morgan fingerprint density at radius 1 is 1.64 bits per heavy atom. The molecule has 1 heterocycles. The van der Waals surface area contributed by atoms with Crippen molar-refractivity contribution < 1.29 is 9.90 Å². The SMILES string of the molecule is NC(Cc1ncc(Cl)cc1Cl)C(=O)O. The molecule has 0 fully saturated rings.